The van der Waals surface area contributed by atoms with Gasteiger partial charge in [0.15, 0.2) is 6.11 Å². The van der Waals surface area contributed by atoms with E-state index in [1.165, 1.54) is 0 Å². The fourth-order valence-electron chi connectivity index (χ4n) is 1.36. The van der Waals surface area contributed by atoms with Gasteiger partial charge >= 0.3 is 10.4 Å². The summed E-state index contributed by atoms with van der Waals surface area (Å²) in [5, 5.41) is 0. The summed E-state index contributed by atoms with van der Waals surface area (Å²) in [5.41, 5.74) is 0. The van der Waals surface area contributed by atoms with Crippen LogP contribution in [0, 0.1) is 12.0 Å². The maximum atomic E-state index is 11.2. The average Bonchev–Trinajstić information content (AvgIpc) is 2.49. The van der Waals surface area contributed by atoms with Gasteiger partial charge in [-0.1, -0.05) is 32.1 Å². The first-order chi connectivity index (χ1) is 10.6. The predicted octanol–water partition coefficient (Wildman–Crippen LogP) is 2.18. The molecule has 0 aliphatic rings. The zero-order valence-electron chi connectivity index (χ0n) is 13.3. The standard InChI is InChI=1S/C14H26O7S/c1-3-5-6-7-8-9-10-19-21-22(15,16)20-14-13-18-12-11-17-4-2/h3-8,11-14H2,1-2H3. The highest BCUT2D eigenvalue weighted by atomic mass is 32.3. The van der Waals surface area contributed by atoms with Crippen LogP contribution >= 0.6 is 0 Å². The fraction of sp³-hybridized carbons (Fsp3) is 0.857. The van der Waals surface area contributed by atoms with Crippen molar-refractivity contribution in [2.75, 3.05) is 33.0 Å². The molecule has 0 N–H and O–H groups in total. The highest BCUT2D eigenvalue weighted by molar-refractivity contribution is 7.81. The smallest absolute Gasteiger partial charge is 0.379 e. The Bertz CT molecular complexity index is 397. The molecule has 0 saturated heterocycles. The number of unbranched alkanes of at least 4 members (excludes halogenated alkanes) is 4. The number of ether oxygens (including phenoxy) is 2. The summed E-state index contributed by atoms with van der Waals surface area (Å²) in [5.74, 6) is 2.66. The molecular weight excluding hydrogens is 312 g/mol. The van der Waals surface area contributed by atoms with Crippen molar-refractivity contribution >= 4 is 10.4 Å². The van der Waals surface area contributed by atoms with E-state index in [4.69, 9.17) is 9.47 Å². The van der Waals surface area contributed by atoms with Crippen LogP contribution in [0.4, 0.5) is 0 Å². The lowest BCUT2D eigenvalue weighted by atomic mass is 10.2. The average molecular weight is 338 g/mol. The summed E-state index contributed by atoms with van der Waals surface area (Å²) in [7, 11) is -4.22. The molecule has 0 spiro atoms. The van der Waals surface area contributed by atoms with Crippen LogP contribution in [0.5, 0.6) is 0 Å². The third-order valence-electron chi connectivity index (χ3n) is 2.42. The van der Waals surface area contributed by atoms with Crippen LogP contribution in [-0.2, 0) is 33.3 Å². The summed E-state index contributed by atoms with van der Waals surface area (Å²) in [6, 6.07) is 0. The van der Waals surface area contributed by atoms with Crippen LogP contribution in [0.1, 0.15) is 46.0 Å². The van der Waals surface area contributed by atoms with Crippen molar-refractivity contribution in [2.24, 2.45) is 0 Å². The van der Waals surface area contributed by atoms with Crippen LogP contribution in [0.25, 0.3) is 0 Å². The van der Waals surface area contributed by atoms with E-state index in [1.54, 1.807) is 0 Å². The second kappa shape index (κ2) is 15.1. The van der Waals surface area contributed by atoms with Crippen LogP contribution in [0.3, 0.4) is 0 Å². The molecule has 0 aromatic rings. The molecule has 0 aromatic heterocycles. The minimum Gasteiger partial charge on any atom is -0.379 e. The third-order valence-corrected chi connectivity index (χ3v) is 3.11. The van der Waals surface area contributed by atoms with Crippen molar-refractivity contribution in [3.8, 4) is 12.0 Å². The maximum absolute atomic E-state index is 11.2. The van der Waals surface area contributed by atoms with Crippen molar-refractivity contribution in [1.82, 2.24) is 0 Å². The van der Waals surface area contributed by atoms with Gasteiger partial charge in [0.25, 0.3) is 0 Å². The van der Waals surface area contributed by atoms with E-state index in [1.807, 2.05) is 6.92 Å². The van der Waals surface area contributed by atoms with Crippen molar-refractivity contribution in [1.29, 1.82) is 0 Å². The minimum atomic E-state index is -4.22. The van der Waals surface area contributed by atoms with Crippen molar-refractivity contribution in [2.45, 2.75) is 46.0 Å². The van der Waals surface area contributed by atoms with Gasteiger partial charge in [-0.2, -0.15) is 8.42 Å². The van der Waals surface area contributed by atoms with Gasteiger partial charge in [-0.15, -0.1) is 0 Å². The molecule has 0 heterocycles. The third kappa shape index (κ3) is 15.5. The molecular formula is C14H26O7S. The van der Waals surface area contributed by atoms with E-state index in [0.717, 1.165) is 25.7 Å². The first-order valence-corrected chi connectivity index (χ1v) is 8.83. The molecule has 8 heteroatoms. The molecule has 0 radical (unpaired) electrons. The van der Waals surface area contributed by atoms with Gasteiger partial charge in [-0.25, -0.2) is 4.18 Å². The zero-order chi connectivity index (χ0) is 16.5. The Morgan fingerprint density at radius 2 is 1.64 bits per heavy atom. The molecule has 0 aliphatic carbocycles. The Labute approximate surface area is 133 Å². The lowest BCUT2D eigenvalue weighted by Gasteiger charge is -2.04. The Morgan fingerprint density at radius 1 is 0.909 bits per heavy atom. The molecule has 0 rings (SSSR count). The largest absolute Gasteiger partial charge is 0.436 e. The van der Waals surface area contributed by atoms with E-state index < -0.39 is 10.4 Å². The molecule has 0 atom stereocenters. The molecule has 130 valence electrons. The van der Waals surface area contributed by atoms with E-state index in [0.29, 0.717) is 26.2 Å². The molecule has 0 aliphatic heterocycles. The van der Waals surface area contributed by atoms with Crippen molar-refractivity contribution in [3.63, 3.8) is 0 Å². The van der Waals surface area contributed by atoms with E-state index in [9.17, 15) is 8.42 Å². The first-order valence-electron chi connectivity index (χ1n) is 7.50. The van der Waals surface area contributed by atoms with Gasteiger partial charge < -0.3 is 9.47 Å². The van der Waals surface area contributed by atoms with E-state index in [-0.39, 0.29) is 13.2 Å². The van der Waals surface area contributed by atoms with Crippen LogP contribution < -0.4 is 0 Å². The Kier molecular flexibility index (Phi) is 14.5. The lowest BCUT2D eigenvalue weighted by Crippen LogP contribution is -2.15. The zero-order valence-corrected chi connectivity index (χ0v) is 14.2. The van der Waals surface area contributed by atoms with Gasteiger partial charge in [-0.05, 0) is 17.7 Å². The highest BCUT2D eigenvalue weighted by Gasteiger charge is 2.13. The Balaban J connectivity index is 3.55. The molecule has 0 saturated carbocycles. The van der Waals surface area contributed by atoms with Gasteiger partial charge in [0.1, 0.15) is 0 Å². The van der Waals surface area contributed by atoms with Crippen LogP contribution in [0.2, 0.25) is 0 Å². The molecule has 0 aromatic carbocycles. The lowest BCUT2D eigenvalue weighted by molar-refractivity contribution is -0.139. The number of hydrogen-bond acceptors (Lipinski definition) is 7. The molecule has 0 fully saturated rings. The van der Waals surface area contributed by atoms with Crippen molar-refractivity contribution in [3.05, 3.63) is 0 Å². The summed E-state index contributed by atoms with van der Waals surface area (Å²) in [4.78, 5) is 4.28. The van der Waals surface area contributed by atoms with Crippen LogP contribution in [0.15, 0.2) is 0 Å². The van der Waals surface area contributed by atoms with Gasteiger partial charge in [0, 0.05) is 13.0 Å². The fourth-order valence-corrected chi connectivity index (χ4v) is 1.79. The molecule has 0 bridgehead atoms. The minimum absolute atomic E-state index is 0.110. The topological polar surface area (TPSA) is 80.3 Å². The summed E-state index contributed by atoms with van der Waals surface area (Å²) < 4.78 is 41.2. The monoisotopic (exact) mass is 338 g/mol. The van der Waals surface area contributed by atoms with Gasteiger partial charge in [-0.3, -0.25) is 4.89 Å². The molecule has 0 unspecified atom stereocenters. The summed E-state index contributed by atoms with van der Waals surface area (Å²) >= 11 is 0. The Hall–Kier alpha value is -0.850. The quantitative estimate of drug-likeness (QED) is 0.208. The second-order valence-electron chi connectivity index (χ2n) is 4.28. The Morgan fingerprint density at radius 3 is 2.36 bits per heavy atom. The highest BCUT2D eigenvalue weighted by Crippen LogP contribution is 2.01. The van der Waals surface area contributed by atoms with Gasteiger partial charge in [0.05, 0.1) is 26.4 Å². The number of rotatable bonds is 14. The summed E-state index contributed by atoms with van der Waals surface area (Å²) in [6.45, 7) is 5.38. The maximum Gasteiger partial charge on any atom is 0.436 e. The molecule has 7 nitrogen and oxygen atoms in total. The second-order valence-corrected chi connectivity index (χ2v) is 5.47. The first kappa shape index (κ1) is 21.1. The molecule has 22 heavy (non-hydrogen) atoms. The van der Waals surface area contributed by atoms with Crippen molar-refractivity contribution < 1.29 is 31.3 Å². The normalized spacial score (nSPS) is 11.0. The van der Waals surface area contributed by atoms with E-state index >= 15 is 0 Å². The molecule has 0 amide bonds. The SMILES string of the molecule is CCCCCCC#COOS(=O)(=O)OCCOCCOCC. The van der Waals surface area contributed by atoms with Gasteiger partial charge in [0.2, 0.25) is 0 Å². The summed E-state index contributed by atoms with van der Waals surface area (Å²) in [6.07, 6.45) is 7.16. The van der Waals surface area contributed by atoms with E-state index in [2.05, 4.69) is 32.4 Å². The van der Waals surface area contributed by atoms with Crippen LogP contribution in [-0.4, -0.2) is 41.5 Å². The number of hydrogen-bond donors (Lipinski definition) is 0. The predicted molar refractivity (Wildman–Crippen MR) is 80.9 cm³/mol.